The summed E-state index contributed by atoms with van der Waals surface area (Å²) in [6.45, 7) is 5.12. The third-order valence-electron chi connectivity index (χ3n) is 2.73. The van der Waals surface area contributed by atoms with Gasteiger partial charge in [-0.05, 0) is 12.5 Å². The highest BCUT2D eigenvalue weighted by atomic mass is 15.3. The van der Waals surface area contributed by atoms with Gasteiger partial charge in [0.1, 0.15) is 11.6 Å². The summed E-state index contributed by atoms with van der Waals surface area (Å²) in [5, 5.41) is 7.49. The lowest BCUT2D eigenvalue weighted by Crippen LogP contribution is -2.06. The normalized spacial score (nSPS) is 10.6. The lowest BCUT2D eigenvalue weighted by Gasteiger charge is -2.08. The molecule has 96 valence electrons. The molecule has 0 amide bonds. The summed E-state index contributed by atoms with van der Waals surface area (Å²) < 4.78 is 1.82. The maximum atomic E-state index is 4.55. The molecular formula is C13H19N5. The van der Waals surface area contributed by atoms with Crippen molar-refractivity contribution in [3.8, 4) is 11.4 Å². The topological polar surface area (TPSA) is 55.6 Å². The van der Waals surface area contributed by atoms with Crippen molar-refractivity contribution in [2.75, 3.05) is 11.9 Å². The molecule has 0 aliphatic rings. The minimum Gasteiger partial charge on any atom is -0.370 e. The van der Waals surface area contributed by atoms with E-state index in [-0.39, 0.29) is 0 Å². The Kier molecular flexibility index (Phi) is 3.92. The molecule has 0 atom stereocenters. The van der Waals surface area contributed by atoms with E-state index in [4.69, 9.17) is 0 Å². The standard InChI is InChI=1S/C13H19N5/c1-4-7-14-13-9-10(16-12(5-2)17-13)11-6-8-15-18(11)3/h6,8-9H,4-5,7H2,1-3H3,(H,14,16,17). The first-order valence-corrected chi connectivity index (χ1v) is 6.34. The fourth-order valence-corrected chi connectivity index (χ4v) is 1.76. The van der Waals surface area contributed by atoms with Gasteiger partial charge in [0.25, 0.3) is 0 Å². The highest BCUT2D eigenvalue weighted by Crippen LogP contribution is 2.19. The minimum absolute atomic E-state index is 0.826. The molecule has 0 saturated carbocycles. The summed E-state index contributed by atoms with van der Waals surface area (Å²) in [4.78, 5) is 9.03. The second kappa shape index (κ2) is 5.62. The van der Waals surface area contributed by atoms with E-state index in [1.807, 2.05) is 23.9 Å². The smallest absolute Gasteiger partial charge is 0.131 e. The molecule has 2 heterocycles. The zero-order valence-electron chi connectivity index (χ0n) is 11.1. The summed E-state index contributed by atoms with van der Waals surface area (Å²) in [7, 11) is 1.92. The highest BCUT2D eigenvalue weighted by molar-refractivity contribution is 5.58. The number of nitrogens with zero attached hydrogens (tertiary/aromatic N) is 4. The van der Waals surface area contributed by atoms with Gasteiger partial charge < -0.3 is 5.32 Å². The molecule has 2 rings (SSSR count). The van der Waals surface area contributed by atoms with Crippen LogP contribution in [0.15, 0.2) is 18.3 Å². The Hall–Kier alpha value is -1.91. The molecule has 2 aromatic rings. The van der Waals surface area contributed by atoms with E-state index in [1.165, 1.54) is 0 Å². The monoisotopic (exact) mass is 245 g/mol. The predicted octanol–water partition coefficient (Wildman–Crippen LogP) is 2.26. The van der Waals surface area contributed by atoms with Gasteiger partial charge in [-0.2, -0.15) is 5.10 Å². The minimum atomic E-state index is 0.826. The molecule has 0 aromatic carbocycles. The third-order valence-corrected chi connectivity index (χ3v) is 2.73. The van der Waals surface area contributed by atoms with E-state index in [0.29, 0.717) is 0 Å². The van der Waals surface area contributed by atoms with Crippen LogP contribution in [-0.2, 0) is 13.5 Å². The van der Waals surface area contributed by atoms with Gasteiger partial charge in [0.15, 0.2) is 0 Å². The first kappa shape index (κ1) is 12.5. The Morgan fingerprint density at radius 3 is 2.72 bits per heavy atom. The van der Waals surface area contributed by atoms with Crippen molar-refractivity contribution in [1.29, 1.82) is 0 Å². The van der Waals surface area contributed by atoms with Crippen LogP contribution >= 0.6 is 0 Å². The van der Waals surface area contributed by atoms with Crippen LogP contribution in [0.3, 0.4) is 0 Å². The number of aromatic nitrogens is 4. The SMILES string of the molecule is CCCNc1cc(-c2ccnn2C)nc(CC)n1. The molecule has 5 heteroatoms. The Balaban J connectivity index is 2.38. The van der Waals surface area contributed by atoms with E-state index >= 15 is 0 Å². The summed E-state index contributed by atoms with van der Waals surface area (Å²) in [6, 6.07) is 3.94. The second-order valence-electron chi connectivity index (χ2n) is 4.18. The molecule has 0 spiro atoms. The lowest BCUT2D eigenvalue weighted by molar-refractivity contribution is 0.771. The maximum absolute atomic E-state index is 4.55. The Morgan fingerprint density at radius 1 is 1.28 bits per heavy atom. The molecule has 18 heavy (non-hydrogen) atoms. The van der Waals surface area contributed by atoms with Crippen LogP contribution in [0.2, 0.25) is 0 Å². The highest BCUT2D eigenvalue weighted by Gasteiger charge is 2.08. The number of anilines is 1. The molecular weight excluding hydrogens is 226 g/mol. The van der Waals surface area contributed by atoms with Gasteiger partial charge in [-0.25, -0.2) is 9.97 Å². The number of hydrogen-bond donors (Lipinski definition) is 1. The van der Waals surface area contributed by atoms with Crippen molar-refractivity contribution in [3.63, 3.8) is 0 Å². The van der Waals surface area contributed by atoms with E-state index in [9.17, 15) is 0 Å². The molecule has 0 bridgehead atoms. The maximum Gasteiger partial charge on any atom is 0.131 e. The Labute approximate surface area is 107 Å². The van der Waals surface area contributed by atoms with Crippen molar-refractivity contribution >= 4 is 5.82 Å². The lowest BCUT2D eigenvalue weighted by atomic mass is 10.2. The van der Waals surface area contributed by atoms with Crippen LogP contribution < -0.4 is 5.32 Å². The van der Waals surface area contributed by atoms with Gasteiger partial charge in [-0.1, -0.05) is 13.8 Å². The number of rotatable bonds is 5. The first-order valence-electron chi connectivity index (χ1n) is 6.34. The number of nitrogens with one attached hydrogen (secondary N) is 1. The summed E-state index contributed by atoms with van der Waals surface area (Å²) in [5.74, 6) is 1.74. The van der Waals surface area contributed by atoms with Crippen LogP contribution in [-0.4, -0.2) is 26.3 Å². The fourth-order valence-electron chi connectivity index (χ4n) is 1.76. The fraction of sp³-hybridized carbons (Fsp3) is 0.462. The van der Waals surface area contributed by atoms with E-state index in [0.717, 1.165) is 42.4 Å². The molecule has 0 radical (unpaired) electrons. The Bertz CT molecular complexity index is 518. The number of hydrogen-bond acceptors (Lipinski definition) is 4. The van der Waals surface area contributed by atoms with Gasteiger partial charge >= 0.3 is 0 Å². The van der Waals surface area contributed by atoms with Crippen LogP contribution in [0.5, 0.6) is 0 Å². The van der Waals surface area contributed by atoms with Crippen LogP contribution in [0, 0.1) is 0 Å². The summed E-state index contributed by atoms with van der Waals surface area (Å²) >= 11 is 0. The van der Waals surface area contributed by atoms with Crippen LogP contribution in [0.1, 0.15) is 26.1 Å². The van der Waals surface area contributed by atoms with E-state index in [1.54, 1.807) is 6.20 Å². The summed E-state index contributed by atoms with van der Waals surface area (Å²) in [5.41, 5.74) is 1.92. The van der Waals surface area contributed by atoms with E-state index in [2.05, 4.69) is 34.2 Å². The zero-order chi connectivity index (χ0) is 13.0. The average molecular weight is 245 g/mol. The van der Waals surface area contributed by atoms with Crippen molar-refractivity contribution in [2.24, 2.45) is 7.05 Å². The Morgan fingerprint density at radius 2 is 2.11 bits per heavy atom. The molecule has 5 nitrogen and oxygen atoms in total. The molecule has 0 aliphatic carbocycles. The molecule has 0 saturated heterocycles. The quantitative estimate of drug-likeness (QED) is 0.878. The van der Waals surface area contributed by atoms with Crippen LogP contribution in [0.4, 0.5) is 5.82 Å². The molecule has 0 aliphatic heterocycles. The largest absolute Gasteiger partial charge is 0.370 e. The van der Waals surface area contributed by atoms with Crippen molar-refractivity contribution in [3.05, 3.63) is 24.2 Å². The third kappa shape index (κ3) is 2.67. The zero-order valence-corrected chi connectivity index (χ0v) is 11.1. The average Bonchev–Trinajstić information content (AvgIpc) is 2.82. The summed E-state index contributed by atoms with van der Waals surface area (Å²) in [6.07, 6.45) is 3.68. The van der Waals surface area contributed by atoms with Crippen molar-refractivity contribution < 1.29 is 0 Å². The molecule has 1 N–H and O–H groups in total. The first-order chi connectivity index (χ1) is 8.74. The van der Waals surface area contributed by atoms with Gasteiger partial charge in [-0.3, -0.25) is 4.68 Å². The van der Waals surface area contributed by atoms with Gasteiger partial charge in [0.05, 0.1) is 11.4 Å². The van der Waals surface area contributed by atoms with Gasteiger partial charge in [-0.15, -0.1) is 0 Å². The van der Waals surface area contributed by atoms with Gasteiger partial charge in [0, 0.05) is 32.3 Å². The van der Waals surface area contributed by atoms with Crippen LogP contribution in [0.25, 0.3) is 11.4 Å². The molecule has 0 fully saturated rings. The van der Waals surface area contributed by atoms with Crippen molar-refractivity contribution in [1.82, 2.24) is 19.7 Å². The second-order valence-corrected chi connectivity index (χ2v) is 4.18. The van der Waals surface area contributed by atoms with Gasteiger partial charge in [0.2, 0.25) is 0 Å². The van der Waals surface area contributed by atoms with E-state index < -0.39 is 0 Å². The number of aryl methyl sites for hydroxylation is 2. The van der Waals surface area contributed by atoms with Crippen molar-refractivity contribution in [2.45, 2.75) is 26.7 Å². The predicted molar refractivity (Wildman–Crippen MR) is 72.4 cm³/mol. The molecule has 2 aromatic heterocycles. The molecule has 0 unspecified atom stereocenters.